The number of benzene rings is 2. The lowest BCUT2D eigenvalue weighted by Crippen LogP contribution is -2.26. The lowest BCUT2D eigenvalue weighted by Gasteiger charge is -2.08. The van der Waals surface area contributed by atoms with Gasteiger partial charge in [0.2, 0.25) is 5.43 Å². The minimum atomic E-state index is -0.596. The van der Waals surface area contributed by atoms with Crippen LogP contribution in [0.15, 0.2) is 65.7 Å². The zero-order valence-corrected chi connectivity index (χ0v) is 15.7. The van der Waals surface area contributed by atoms with Crippen LogP contribution in [0.2, 0.25) is 5.02 Å². The molecular weight excluding hydrogens is 378 g/mol. The van der Waals surface area contributed by atoms with E-state index in [4.69, 9.17) is 11.6 Å². The number of anilines is 1. The minimum absolute atomic E-state index is 0.201. The van der Waals surface area contributed by atoms with Crippen molar-refractivity contribution in [3.05, 3.63) is 87.4 Å². The minimum Gasteiger partial charge on any atom is -0.318 e. The third kappa shape index (κ3) is 3.52. The van der Waals surface area contributed by atoms with Crippen LogP contribution in [0.25, 0.3) is 10.9 Å². The number of halogens is 1. The summed E-state index contributed by atoms with van der Waals surface area (Å²) in [6, 6.07) is 14.7. The molecular formula is C20H16ClN5O2. The van der Waals surface area contributed by atoms with E-state index in [0.29, 0.717) is 28.2 Å². The molecule has 0 unspecified atom stereocenters. The Morgan fingerprint density at radius 1 is 1.18 bits per heavy atom. The zero-order chi connectivity index (χ0) is 19.7. The molecule has 2 aromatic carbocycles. The second-order valence-corrected chi connectivity index (χ2v) is 6.77. The topological polar surface area (TPSA) is 81.8 Å². The fourth-order valence-corrected chi connectivity index (χ4v) is 3.15. The van der Waals surface area contributed by atoms with E-state index in [0.717, 1.165) is 5.56 Å². The van der Waals surface area contributed by atoms with E-state index in [-0.39, 0.29) is 5.69 Å². The van der Waals surface area contributed by atoms with Gasteiger partial charge in [-0.05, 0) is 23.8 Å². The largest absolute Gasteiger partial charge is 0.318 e. The van der Waals surface area contributed by atoms with Gasteiger partial charge in [-0.15, -0.1) is 0 Å². The maximum Gasteiger partial charge on any atom is 0.280 e. The number of aromatic nitrogens is 4. The van der Waals surface area contributed by atoms with Crippen molar-refractivity contribution in [1.29, 1.82) is 0 Å². The van der Waals surface area contributed by atoms with Gasteiger partial charge in [0.05, 0.1) is 29.3 Å². The van der Waals surface area contributed by atoms with Crippen molar-refractivity contribution in [2.75, 3.05) is 5.32 Å². The van der Waals surface area contributed by atoms with Gasteiger partial charge in [0.25, 0.3) is 5.91 Å². The van der Waals surface area contributed by atoms with E-state index >= 15 is 0 Å². The molecule has 0 saturated heterocycles. The molecule has 8 heteroatoms. The Labute approximate surface area is 165 Å². The van der Waals surface area contributed by atoms with E-state index in [1.165, 1.54) is 16.9 Å². The van der Waals surface area contributed by atoms with Crippen LogP contribution in [0.3, 0.4) is 0 Å². The molecule has 28 heavy (non-hydrogen) atoms. The van der Waals surface area contributed by atoms with Crippen LogP contribution < -0.4 is 10.7 Å². The summed E-state index contributed by atoms with van der Waals surface area (Å²) in [4.78, 5) is 25.3. The summed E-state index contributed by atoms with van der Waals surface area (Å²) in [6.07, 6.45) is 3.23. The summed E-state index contributed by atoms with van der Waals surface area (Å²) < 4.78 is 3.19. The van der Waals surface area contributed by atoms with Crippen molar-refractivity contribution in [3.8, 4) is 0 Å². The fraction of sp³-hybridized carbons (Fsp3) is 0.100. The molecule has 0 bridgehead atoms. The lowest BCUT2D eigenvalue weighted by atomic mass is 10.2. The second kappa shape index (κ2) is 7.28. The van der Waals surface area contributed by atoms with Crippen LogP contribution in [0.1, 0.15) is 16.1 Å². The molecule has 0 fully saturated rings. The molecule has 2 aromatic heterocycles. The molecule has 2 heterocycles. The van der Waals surface area contributed by atoms with Gasteiger partial charge in [-0.25, -0.2) is 0 Å². The van der Waals surface area contributed by atoms with Crippen molar-refractivity contribution in [2.45, 2.75) is 6.54 Å². The summed E-state index contributed by atoms with van der Waals surface area (Å²) in [6.45, 7) is 0.575. The summed E-state index contributed by atoms with van der Waals surface area (Å²) in [5, 5.41) is 11.8. The van der Waals surface area contributed by atoms with Gasteiger partial charge in [-0.2, -0.15) is 10.2 Å². The van der Waals surface area contributed by atoms with Gasteiger partial charge < -0.3 is 5.32 Å². The first-order valence-corrected chi connectivity index (χ1v) is 8.93. The normalized spacial score (nSPS) is 10.9. The molecule has 140 valence electrons. The molecule has 1 N–H and O–H groups in total. The monoisotopic (exact) mass is 393 g/mol. The number of carbonyl (C=O) groups is 1. The Bertz CT molecular complexity index is 1230. The first-order chi connectivity index (χ1) is 13.5. The first kappa shape index (κ1) is 17.9. The van der Waals surface area contributed by atoms with E-state index in [9.17, 15) is 9.59 Å². The number of rotatable bonds is 4. The van der Waals surface area contributed by atoms with E-state index in [2.05, 4.69) is 15.5 Å². The quantitative estimate of drug-likeness (QED) is 0.577. The third-order valence-corrected chi connectivity index (χ3v) is 4.55. The Kier molecular flexibility index (Phi) is 4.67. The van der Waals surface area contributed by atoms with E-state index in [1.54, 1.807) is 30.1 Å². The number of hydrogen-bond acceptors (Lipinski definition) is 4. The molecule has 7 nitrogen and oxygen atoms in total. The van der Waals surface area contributed by atoms with Crippen LogP contribution in [0.5, 0.6) is 0 Å². The van der Waals surface area contributed by atoms with Gasteiger partial charge in [-0.1, -0.05) is 41.9 Å². The molecule has 0 aliphatic carbocycles. The molecule has 1 amide bonds. The van der Waals surface area contributed by atoms with E-state index < -0.39 is 11.3 Å². The van der Waals surface area contributed by atoms with Crippen LogP contribution in [-0.2, 0) is 13.6 Å². The van der Waals surface area contributed by atoms with Crippen molar-refractivity contribution in [2.24, 2.45) is 7.05 Å². The number of amides is 1. The standard InChI is InChI=1S/C20H16ClN5O2/c1-25-17-8-7-14(21)9-16(17)19(27)18(24-25)20(28)23-15-10-22-26(12-15)11-13-5-3-2-4-6-13/h2-10,12H,11H2,1H3,(H,23,28). The summed E-state index contributed by atoms with van der Waals surface area (Å²) in [7, 11) is 1.67. The average Bonchev–Trinajstić information content (AvgIpc) is 3.12. The third-order valence-electron chi connectivity index (χ3n) is 4.31. The smallest absolute Gasteiger partial charge is 0.280 e. The fourth-order valence-electron chi connectivity index (χ4n) is 2.97. The molecule has 0 atom stereocenters. The number of hydrogen-bond donors (Lipinski definition) is 1. The molecule has 4 rings (SSSR count). The average molecular weight is 394 g/mol. The maximum absolute atomic E-state index is 12.7. The number of fused-ring (bicyclic) bond motifs is 1. The highest BCUT2D eigenvalue weighted by Gasteiger charge is 2.17. The predicted molar refractivity (Wildman–Crippen MR) is 108 cm³/mol. The van der Waals surface area contributed by atoms with Crippen molar-refractivity contribution >= 4 is 34.1 Å². The molecule has 0 radical (unpaired) electrons. The van der Waals surface area contributed by atoms with Crippen molar-refractivity contribution < 1.29 is 4.79 Å². The Hall–Kier alpha value is -3.45. The van der Waals surface area contributed by atoms with Crippen LogP contribution in [0.4, 0.5) is 5.69 Å². The molecule has 0 aliphatic rings. The van der Waals surface area contributed by atoms with Gasteiger partial charge >= 0.3 is 0 Å². The van der Waals surface area contributed by atoms with Crippen molar-refractivity contribution in [3.63, 3.8) is 0 Å². The number of carbonyl (C=O) groups excluding carboxylic acids is 1. The molecule has 0 spiro atoms. The Balaban J connectivity index is 1.59. The Morgan fingerprint density at radius 3 is 2.75 bits per heavy atom. The summed E-state index contributed by atoms with van der Waals surface area (Å²) in [5.74, 6) is -0.596. The highest BCUT2D eigenvalue weighted by Crippen LogP contribution is 2.16. The Morgan fingerprint density at radius 2 is 1.96 bits per heavy atom. The molecule has 0 aliphatic heterocycles. The van der Waals surface area contributed by atoms with Crippen molar-refractivity contribution in [1.82, 2.24) is 19.6 Å². The first-order valence-electron chi connectivity index (χ1n) is 8.55. The van der Waals surface area contributed by atoms with E-state index in [1.807, 2.05) is 30.3 Å². The highest BCUT2D eigenvalue weighted by atomic mass is 35.5. The van der Waals surface area contributed by atoms with Gasteiger partial charge in [0.15, 0.2) is 5.69 Å². The number of aryl methyl sites for hydroxylation is 1. The lowest BCUT2D eigenvalue weighted by molar-refractivity contribution is 0.101. The predicted octanol–water partition coefficient (Wildman–Crippen LogP) is 3.08. The van der Waals surface area contributed by atoms with Gasteiger partial charge in [-0.3, -0.25) is 19.0 Å². The van der Waals surface area contributed by atoms with Crippen LogP contribution in [-0.4, -0.2) is 25.5 Å². The molecule has 0 saturated carbocycles. The van der Waals surface area contributed by atoms with Gasteiger partial charge in [0, 0.05) is 18.3 Å². The SMILES string of the molecule is Cn1nc(C(=O)Nc2cnn(Cc3ccccc3)c2)c(=O)c2cc(Cl)ccc21. The number of nitrogens with one attached hydrogen (secondary N) is 1. The van der Waals surface area contributed by atoms with Gasteiger partial charge in [0.1, 0.15) is 0 Å². The van der Waals surface area contributed by atoms with Crippen LogP contribution >= 0.6 is 11.6 Å². The second-order valence-electron chi connectivity index (χ2n) is 6.33. The summed E-state index contributed by atoms with van der Waals surface area (Å²) >= 11 is 5.99. The van der Waals surface area contributed by atoms with Crippen LogP contribution in [0, 0.1) is 0 Å². The maximum atomic E-state index is 12.7. The number of nitrogens with zero attached hydrogens (tertiary/aromatic N) is 4. The zero-order valence-electron chi connectivity index (χ0n) is 15.0. The highest BCUT2D eigenvalue weighted by molar-refractivity contribution is 6.31. The summed E-state index contributed by atoms with van der Waals surface area (Å²) in [5.41, 5.74) is 1.50. The molecule has 4 aromatic rings.